The molecule has 1 unspecified atom stereocenters. The number of fused-ring (bicyclic) bond motifs is 1. The number of nitrogens with one attached hydrogen (secondary N) is 1. The van der Waals surface area contributed by atoms with E-state index in [-0.39, 0.29) is 5.91 Å². The number of carbonyl (C=O) groups excluding carboxylic acids is 1. The number of aliphatic hydroxyl groups is 1. The molecule has 0 spiro atoms. The molecule has 0 saturated carbocycles. The third-order valence-corrected chi connectivity index (χ3v) is 3.11. The van der Waals surface area contributed by atoms with E-state index in [1.54, 1.807) is 17.2 Å². The highest BCUT2D eigenvalue weighted by molar-refractivity contribution is 6.05. The molecular weight excluding hydrogens is 230 g/mol. The third-order valence-electron chi connectivity index (χ3n) is 3.11. The molecule has 1 amide bonds. The normalized spacial score (nSPS) is 18.5. The van der Waals surface area contributed by atoms with Crippen LogP contribution in [0.1, 0.15) is 16.1 Å². The van der Waals surface area contributed by atoms with Crippen molar-refractivity contribution >= 4 is 11.6 Å². The molecule has 1 aliphatic heterocycles. The van der Waals surface area contributed by atoms with Gasteiger partial charge in [0.25, 0.3) is 5.91 Å². The molecule has 0 aliphatic carbocycles. The molecule has 0 radical (unpaired) electrons. The van der Waals surface area contributed by atoms with Gasteiger partial charge in [-0.05, 0) is 17.7 Å². The first kappa shape index (κ1) is 11.0. The fourth-order valence-corrected chi connectivity index (χ4v) is 2.29. The van der Waals surface area contributed by atoms with Gasteiger partial charge in [-0.15, -0.1) is 0 Å². The first-order valence-corrected chi connectivity index (χ1v) is 5.83. The minimum atomic E-state index is -0.522. The van der Waals surface area contributed by atoms with Crippen LogP contribution in [-0.2, 0) is 6.42 Å². The van der Waals surface area contributed by atoms with Gasteiger partial charge in [0.1, 0.15) is 5.69 Å². The standard InChI is InChI=1S/C13H13N3O2/c17-10-7-9-3-1-2-4-12(9)16(8-10)13(18)11-5-6-14-15-11/h1-6,10,17H,7-8H2,(H,14,15). The monoisotopic (exact) mass is 243 g/mol. The number of H-pyrrole nitrogens is 1. The van der Waals surface area contributed by atoms with Gasteiger partial charge in [0, 0.05) is 18.3 Å². The molecule has 0 bridgehead atoms. The van der Waals surface area contributed by atoms with Crippen molar-refractivity contribution in [2.45, 2.75) is 12.5 Å². The molecule has 2 N–H and O–H groups in total. The lowest BCUT2D eigenvalue weighted by Gasteiger charge is -2.32. The Labute approximate surface area is 104 Å². The van der Waals surface area contributed by atoms with Crippen molar-refractivity contribution < 1.29 is 9.90 Å². The van der Waals surface area contributed by atoms with Gasteiger partial charge in [-0.3, -0.25) is 9.89 Å². The molecule has 0 fully saturated rings. The Bertz CT molecular complexity index is 565. The Morgan fingerprint density at radius 3 is 3.00 bits per heavy atom. The fourth-order valence-electron chi connectivity index (χ4n) is 2.29. The van der Waals surface area contributed by atoms with E-state index in [9.17, 15) is 9.90 Å². The topological polar surface area (TPSA) is 69.2 Å². The van der Waals surface area contributed by atoms with E-state index >= 15 is 0 Å². The first-order chi connectivity index (χ1) is 8.75. The Morgan fingerprint density at radius 2 is 2.22 bits per heavy atom. The second kappa shape index (κ2) is 4.27. The lowest BCUT2D eigenvalue weighted by atomic mass is 9.99. The number of carbonyl (C=O) groups is 1. The Kier molecular flexibility index (Phi) is 2.60. The third kappa shape index (κ3) is 1.78. The van der Waals surface area contributed by atoms with Crippen molar-refractivity contribution in [3.05, 3.63) is 47.8 Å². The summed E-state index contributed by atoms with van der Waals surface area (Å²) in [5.41, 5.74) is 2.28. The van der Waals surface area contributed by atoms with Crippen LogP contribution in [0, 0.1) is 0 Å². The lowest BCUT2D eigenvalue weighted by molar-refractivity contribution is 0.0950. The molecule has 2 heterocycles. The van der Waals surface area contributed by atoms with Gasteiger partial charge in [-0.25, -0.2) is 0 Å². The largest absolute Gasteiger partial charge is 0.391 e. The summed E-state index contributed by atoms with van der Waals surface area (Å²) in [6.07, 6.45) is 1.61. The number of aromatic nitrogens is 2. The highest BCUT2D eigenvalue weighted by Gasteiger charge is 2.28. The second-order valence-corrected chi connectivity index (χ2v) is 4.37. The predicted octanol–water partition coefficient (Wildman–Crippen LogP) is 0.973. The number of anilines is 1. The molecule has 1 aliphatic rings. The van der Waals surface area contributed by atoms with Gasteiger partial charge in [-0.2, -0.15) is 5.10 Å². The predicted molar refractivity (Wildman–Crippen MR) is 66.4 cm³/mol. The van der Waals surface area contributed by atoms with Crippen LogP contribution in [0.5, 0.6) is 0 Å². The average molecular weight is 243 g/mol. The minimum Gasteiger partial charge on any atom is -0.391 e. The summed E-state index contributed by atoms with van der Waals surface area (Å²) in [5, 5.41) is 16.3. The van der Waals surface area contributed by atoms with E-state index < -0.39 is 6.10 Å². The van der Waals surface area contributed by atoms with Crippen LogP contribution in [-0.4, -0.2) is 33.9 Å². The lowest BCUT2D eigenvalue weighted by Crippen LogP contribution is -2.42. The maximum atomic E-state index is 12.3. The number of hydrogen-bond acceptors (Lipinski definition) is 3. The number of β-amino-alcohol motifs (C(OH)–C–C–N with tert-alkyl or cyclic N) is 1. The SMILES string of the molecule is O=C(c1ccn[nH]1)N1CC(O)Cc2ccccc21. The van der Waals surface area contributed by atoms with Crippen molar-refractivity contribution in [1.82, 2.24) is 10.2 Å². The molecule has 5 nitrogen and oxygen atoms in total. The van der Waals surface area contributed by atoms with Crippen molar-refractivity contribution in [2.75, 3.05) is 11.4 Å². The Morgan fingerprint density at radius 1 is 1.39 bits per heavy atom. The minimum absolute atomic E-state index is 0.168. The number of para-hydroxylation sites is 1. The fraction of sp³-hybridized carbons (Fsp3) is 0.231. The number of benzene rings is 1. The zero-order valence-electron chi connectivity index (χ0n) is 9.71. The van der Waals surface area contributed by atoms with Crippen LogP contribution in [0.2, 0.25) is 0 Å². The maximum absolute atomic E-state index is 12.3. The van der Waals surface area contributed by atoms with E-state index in [1.807, 2.05) is 24.3 Å². The number of amides is 1. The van der Waals surface area contributed by atoms with Crippen LogP contribution < -0.4 is 4.90 Å². The summed E-state index contributed by atoms with van der Waals surface area (Å²) in [7, 11) is 0. The van der Waals surface area contributed by atoms with Crippen LogP contribution >= 0.6 is 0 Å². The number of rotatable bonds is 1. The molecule has 1 aromatic carbocycles. The zero-order chi connectivity index (χ0) is 12.5. The van der Waals surface area contributed by atoms with E-state index in [4.69, 9.17) is 0 Å². The second-order valence-electron chi connectivity index (χ2n) is 4.37. The highest BCUT2D eigenvalue weighted by Crippen LogP contribution is 2.27. The van der Waals surface area contributed by atoms with Crippen LogP contribution in [0.4, 0.5) is 5.69 Å². The average Bonchev–Trinajstić information content (AvgIpc) is 2.90. The number of aliphatic hydroxyl groups excluding tert-OH is 1. The van der Waals surface area contributed by atoms with Gasteiger partial charge in [0.05, 0.1) is 12.6 Å². The summed E-state index contributed by atoms with van der Waals surface area (Å²) in [5.74, 6) is -0.168. The molecule has 3 rings (SSSR count). The van der Waals surface area contributed by atoms with Crippen molar-refractivity contribution in [3.63, 3.8) is 0 Å². The quantitative estimate of drug-likeness (QED) is 0.784. The maximum Gasteiger partial charge on any atom is 0.276 e. The van der Waals surface area contributed by atoms with Gasteiger partial charge in [0.2, 0.25) is 0 Å². The van der Waals surface area contributed by atoms with Crippen LogP contribution in [0.3, 0.4) is 0 Å². The van der Waals surface area contributed by atoms with E-state index in [2.05, 4.69) is 10.2 Å². The molecule has 1 atom stereocenters. The Hall–Kier alpha value is -2.14. The van der Waals surface area contributed by atoms with Crippen molar-refractivity contribution in [3.8, 4) is 0 Å². The summed E-state index contributed by atoms with van der Waals surface area (Å²) in [6.45, 7) is 0.314. The van der Waals surface area contributed by atoms with E-state index in [0.717, 1.165) is 11.3 Å². The summed E-state index contributed by atoms with van der Waals surface area (Å²) in [6, 6.07) is 9.27. The van der Waals surface area contributed by atoms with Crippen molar-refractivity contribution in [1.29, 1.82) is 0 Å². The van der Waals surface area contributed by atoms with E-state index in [1.165, 1.54) is 0 Å². The first-order valence-electron chi connectivity index (χ1n) is 5.83. The molecule has 92 valence electrons. The zero-order valence-corrected chi connectivity index (χ0v) is 9.71. The van der Waals surface area contributed by atoms with Gasteiger partial charge >= 0.3 is 0 Å². The van der Waals surface area contributed by atoms with Crippen molar-refractivity contribution in [2.24, 2.45) is 0 Å². The highest BCUT2D eigenvalue weighted by atomic mass is 16.3. The molecular formula is C13H13N3O2. The Balaban J connectivity index is 2.00. The van der Waals surface area contributed by atoms with E-state index in [0.29, 0.717) is 18.7 Å². The number of hydrogen-bond donors (Lipinski definition) is 2. The van der Waals surface area contributed by atoms with Crippen LogP contribution in [0.15, 0.2) is 36.5 Å². The summed E-state index contributed by atoms with van der Waals surface area (Å²) >= 11 is 0. The van der Waals surface area contributed by atoms with Gasteiger partial charge < -0.3 is 10.0 Å². The number of nitrogens with zero attached hydrogens (tertiary/aromatic N) is 2. The molecule has 18 heavy (non-hydrogen) atoms. The molecule has 2 aromatic rings. The molecule has 1 aromatic heterocycles. The smallest absolute Gasteiger partial charge is 0.276 e. The van der Waals surface area contributed by atoms with Gasteiger partial charge in [0.15, 0.2) is 0 Å². The van der Waals surface area contributed by atoms with Crippen LogP contribution in [0.25, 0.3) is 0 Å². The molecule has 0 saturated heterocycles. The number of aromatic amines is 1. The summed E-state index contributed by atoms with van der Waals surface area (Å²) < 4.78 is 0. The summed E-state index contributed by atoms with van der Waals surface area (Å²) in [4.78, 5) is 13.9. The van der Waals surface area contributed by atoms with Gasteiger partial charge in [-0.1, -0.05) is 18.2 Å². The molecule has 5 heteroatoms.